The molecule has 0 aliphatic carbocycles. The summed E-state index contributed by atoms with van der Waals surface area (Å²) in [6.45, 7) is 1.47. The van der Waals surface area contributed by atoms with E-state index in [4.69, 9.17) is 5.11 Å². The molecular formula is C14H13FN2O4. The minimum Gasteiger partial charge on any atom is -0.478 e. The van der Waals surface area contributed by atoms with Crippen LogP contribution in [-0.2, 0) is 14.4 Å². The molecule has 1 saturated heterocycles. The Labute approximate surface area is 119 Å². The van der Waals surface area contributed by atoms with Gasteiger partial charge in [-0.25, -0.2) is 9.18 Å². The number of halogens is 1. The van der Waals surface area contributed by atoms with Crippen molar-refractivity contribution in [2.45, 2.75) is 13.0 Å². The van der Waals surface area contributed by atoms with Crippen LogP contribution >= 0.6 is 0 Å². The lowest BCUT2D eigenvalue weighted by atomic mass is 10.1. The van der Waals surface area contributed by atoms with Crippen molar-refractivity contribution in [3.63, 3.8) is 0 Å². The molecule has 2 amide bonds. The van der Waals surface area contributed by atoms with Gasteiger partial charge in [0.2, 0.25) is 11.8 Å². The SMILES string of the molecule is CC1C(=O)NC(=O)CN1c1cccc(F)c1/C=C/C(=O)O. The molecular weight excluding hydrogens is 279 g/mol. The Bertz CT molecular complexity index is 642. The average Bonchev–Trinajstić information content (AvgIpc) is 2.41. The number of nitrogens with one attached hydrogen (secondary N) is 1. The summed E-state index contributed by atoms with van der Waals surface area (Å²) in [7, 11) is 0. The summed E-state index contributed by atoms with van der Waals surface area (Å²) in [5.74, 6) is -2.82. The van der Waals surface area contributed by atoms with E-state index in [9.17, 15) is 18.8 Å². The molecule has 1 aliphatic heterocycles. The maximum Gasteiger partial charge on any atom is 0.328 e. The van der Waals surface area contributed by atoms with E-state index in [1.807, 2.05) is 0 Å². The summed E-state index contributed by atoms with van der Waals surface area (Å²) in [6, 6.07) is 3.49. The van der Waals surface area contributed by atoms with Crippen LogP contribution in [0.2, 0.25) is 0 Å². The summed E-state index contributed by atoms with van der Waals surface area (Å²) in [6.07, 6.45) is 1.91. The summed E-state index contributed by atoms with van der Waals surface area (Å²) in [5, 5.41) is 10.8. The molecule has 21 heavy (non-hydrogen) atoms. The highest BCUT2D eigenvalue weighted by atomic mass is 19.1. The van der Waals surface area contributed by atoms with E-state index in [-0.39, 0.29) is 12.1 Å². The van der Waals surface area contributed by atoms with Crippen LogP contribution in [0.15, 0.2) is 24.3 Å². The van der Waals surface area contributed by atoms with Gasteiger partial charge in [-0.1, -0.05) is 6.07 Å². The highest BCUT2D eigenvalue weighted by Gasteiger charge is 2.31. The van der Waals surface area contributed by atoms with Gasteiger partial charge in [-0.2, -0.15) is 0 Å². The Balaban J connectivity index is 2.47. The molecule has 1 heterocycles. The van der Waals surface area contributed by atoms with E-state index in [0.717, 1.165) is 12.2 Å². The zero-order valence-corrected chi connectivity index (χ0v) is 11.2. The molecule has 1 aromatic carbocycles. The van der Waals surface area contributed by atoms with Gasteiger partial charge in [-0.15, -0.1) is 0 Å². The molecule has 110 valence electrons. The van der Waals surface area contributed by atoms with Crippen molar-refractivity contribution in [1.82, 2.24) is 5.32 Å². The molecule has 2 rings (SSSR count). The molecule has 1 aromatic rings. The van der Waals surface area contributed by atoms with E-state index in [0.29, 0.717) is 5.69 Å². The van der Waals surface area contributed by atoms with E-state index < -0.39 is 29.6 Å². The van der Waals surface area contributed by atoms with Gasteiger partial charge in [0.15, 0.2) is 0 Å². The summed E-state index contributed by atoms with van der Waals surface area (Å²) >= 11 is 0. The van der Waals surface area contributed by atoms with Crippen LogP contribution in [-0.4, -0.2) is 35.5 Å². The quantitative estimate of drug-likeness (QED) is 0.635. The molecule has 1 aliphatic rings. The first-order valence-corrected chi connectivity index (χ1v) is 6.20. The Morgan fingerprint density at radius 1 is 1.48 bits per heavy atom. The second-order valence-electron chi connectivity index (χ2n) is 4.56. The highest BCUT2D eigenvalue weighted by molar-refractivity contribution is 6.04. The minimum absolute atomic E-state index is 0.0225. The highest BCUT2D eigenvalue weighted by Crippen LogP contribution is 2.27. The van der Waals surface area contributed by atoms with E-state index in [2.05, 4.69) is 5.32 Å². The standard InChI is InChI=1S/C14H13FN2O4/c1-8-14(21)16-12(18)7-17(8)11-4-2-3-10(15)9(11)5-6-13(19)20/h2-6,8H,7H2,1H3,(H,19,20)(H,16,18,21)/b6-5+. The van der Waals surface area contributed by atoms with Gasteiger partial charge in [-0.05, 0) is 25.1 Å². The van der Waals surface area contributed by atoms with Crippen molar-refractivity contribution >= 4 is 29.5 Å². The fraction of sp³-hybridized carbons (Fsp3) is 0.214. The third-order valence-corrected chi connectivity index (χ3v) is 3.16. The second-order valence-corrected chi connectivity index (χ2v) is 4.56. The Morgan fingerprint density at radius 2 is 2.19 bits per heavy atom. The minimum atomic E-state index is -1.22. The van der Waals surface area contributed by atoms with Crippen molar-refractivity contribution in [3.05, 3.63) is 35.7 Å². The summed E-state index contributed by atoms with van der Waals surface area (Å²) in [4.78, 5) is 35.2. The van der Waals surface area contributed by atoms with Crippen LogP contribution in [0.3, 0.4) is 0 Å². The van der Waals surface area contributed by atoms with Crippen LogP contribution in [0.4, 0.5) is 10.1 Å². The van der Waals surface area contributed by atoms with Gasteiger partial charge in [-0.3, -0.25) is 14.9 Å². The van der Waals surface area contributed by atoms with Crippen LogP contribution in [0.1, 0.15) is 12.5 Å². The van der Waals surface area contributed by atoms with Gasteiger partial charge >= 0.3 is 5.97 Å². The smallest absolute Gasteiger partial charge is 0.328 e. The number of rotatable bonds is 3. The third-order valence-electron chi connectivity index (χ3n) is 3.16. The Hall–Kier alpha value is -2.70. The molecule has 0 bridgehead atoms. The normalized spacial score (nSPS) is 19.0. The lowest BCUT2D eigenvalue weighted by molar-refractivity contribution is -0.133. The number of imide groups is 1. The summed E-state index contributed by atoms with van der Waals surface area (Å²) < 4.78 is 13.9. The number of hydrogen-bond donors (Lipinski definition) is 2. The number of amides is 2. The van der Waals surface area contributed by atoms with Crippen LogP contribution in [0, 0.1) is 5.82 Å². The first-order valence-electron chi connectivity index (χ1n) is 6.20. The molecule has 0 aromatic heterocycles. The third kappa shape index (κ3) is 3.07. The lowest BCUT2D eigenvalue weighted by Gasteiger charge is -2.34. The Kier molecular flexibility index (Phi) is 4.02. The number of carboxylic acids is 1. The van der Waals surface area contributed by atoms with Crippen LogP contribution in [0.25, 0.3) is 6.08 Å². The number of carbonyl (C=O) groups is 3. The number of carboxylic acid groups (broad SMARTS) is 1. The number of nitrogens with zero attached hydrogens (tertiary/aromatic N) is 1. The first-order chi connectivity index (χ1) is 9.90. The summed E-state index contributed by atoms with van der Waals surface area (Å²) in [5.41, 5.74) is 0.317. The first kappa shape index (κ1) is 14.7. The molecule has 1 atom stereocenters. The second kappa shape index (κ2) is 5.74. The number of anilines is 1. The maximum absolute atomic E-state index is 13.9. The van der Waals surface area contributed by atoms with Gasteiger partial charge in [0, 0.05) is 17.3 Å². The van der Waals surface area contributed by atoms with E-state index in [1.54, 1.807) is 6.92 Å². The molecule has 7 heteroatoms. The molecule has 6 nitrogen and oxygen atoms in total. The van der Waals surface area contributed by atoms with Crippen LogP contribution in [0.5, 0.6) is 0 Å². The van der Waals surface area contributed by atoms with Gasteiger partial charge in [0.05, 0.1) is 6.54 Å². The zero-order valence-electron chi connectivity index (χ0n) is 11.2. The van der Waals surface area contributed by atoms with Crippen molar-refractivity contribution in [2.75, 3.05) is 11.4 Å². The molecule has 1 fully saturated rings. The lowest BCUT2D eigenvalue weighted by Crippen LogP contribution is -2.57. The number of hydrogen-bond acceptors (Lipinski definition) is 4. The molecule has 2 N–H and O–H groups in total. The average molecular weight is 292 g/mol. The monoisotopic (exact) mass is 292 g/mol. The molecule has 0 radical (unpaired) electrons. The number of benzene rings is 1. The zero-order chi connectivity index (χ0) is 15.6. The fourth-order valence-corrected chi connectivity index (χ4v) is 2.10. The van der Waals surface area contributed by atoms with Crippen molar-refractivity contribution in [2.24, 2.45) is 0 Å². The number of piperazine rings is 1. The number of aliphatic carboxylic acids is 1. The predicted molar refractivity (Wildman–Crippen MR) is 73.0 cm³/mol. The van der Waals surface area contributed by atoms with Gasteiger partial charge in [0.1, 0.15) is 11.9 Å². The van der Waals surface area contributed by atoms with E-state index >= 15 is 0 Å². The molecule has 0 spiro atoms. The van der Waals surface area contributed by atoms with Crippen LogP contribution < -0.4 is 10.2 Å². The topological polar surface area (TPSA) is 86.7 Å². The number of carbonyl (C=O) groups excluding carboxylic acids is 2. The van der Waals surface area contributed by atoms with Crippen molar-refractivity contribution in [1.29, 1.82) is 0 Å². The maximum atomic E-state index is 13.9. The van der Waals surface area contributed by atoms with Crippen molar-refractivity contribution < 1.29 is 23.9 Å². The van der Waals surface area contributed by atoms with Gasteiger partial charge in [0.25, 0.3) is 0 Å². The molecule has 1 unspecified atom stereocenters. The Morgan fingerprint density at radius 3 is 2.86 bits per heavy atom. The largest absolute Gasteiger partial charge is 0.478 e. The van der Waals surface area contributed by atoms with Gasteiger partial charge < -0.3 is 10.0 Å². The molecule has 0 saturated carbocycles. The fourth-order valence-electron chi connectivity index (χ4n) is 2.10. The predicted octanol–water partition coefficient (Wildman–Crippen LogP) is 0.775. The van der Waals surface area contributed by atoms with E-state index in [1.165, 1.54) is 23.1 Å². The van der Waals surface area contributed by atoms with Crippen molar-refractivity contribution in [3.8, 4) is 0 Å².